The summed E-state index contributed by atoms with van der Waals surface area (Å²) in [6.45, 7) is 4.14. The molecule has 1 aromatic heterocycles. The lowest BCUT2D eigenvalue weighted by molar-refractivity contribution is 0.418. The van der Waals surface area contributed by atoms with Crippen molar-refractivity contribution in [2.45, 2.75) is 18.7 Å². The average molecular weight is 475 g/mol. The molecule has 3 N–H and O–H groups in total. The second-order valence-corrected chi connectivity index (χ2v) is 9.67. The third-order valence-electron chi connectivity index (χ3n) is 6.11. The van der Waals surface area contributed by atoms with Crippen molar-refractivity contribution in [1.29, 1.82) is 0 Å². The number of phenolic OH excluding ortho intramolecular Hbond substituents is 1. The van der Waals surface area contributed by atoms with E-state index in [-0.39, 0.29) is 10.6 Å². The molecule has 34 heavy (non-hydrogen) atoms. The predicted molar refractivity (Wildman–Crippen MR) is 132 cm³/mol. The van der Waals surface area contributed by atoms with Crippen molar-refractivity contribution in [3.63, 3.8) is 0 Å². The minimum Gasteiger partial charge on any atom is -0.507 e. The molecule has 172 valence electrons. The smallest absolute Gasteiger partial charge is 0.294 e. The number of ether oxygens (including phenoxy) is 1. The molecule has 0 fully saturated rings. The van der Waals surface area contributed by atoms with Crippen LogP contribution in [0.3, 0.4) is 0 Å². The van der Waals surface area contributed by atoms with E-state index in [0.717, 1.165) is 22.8 Å². The third-order valence-corrected chi connectivity index (χ3v) is 6.94. The highest BCUT2D eigenvalue weighted by Crippen LogP contribution is 2.40. The van der Waals surface area contributed by atoms with Gasteiger partial charge in [-0.15, -0.1) is 0 Å². The van der Waals surface area contributed by atoms with E-state index < -0.39 is 10.1 Å². The number of imidazole rings is 1. The molecule has 0 spiro atoms. The molecule has 8 heteroatoms. The number of H-pyrrole nitrogens is 1. The van der Waals surface area contributed by atoms with Gasteiger partial charge in [0.1, 0.15) is 22.8 Å². The highest BCUT2D eigenvalue weighted by Gasteiger charge is 2.19. The van der Waals surface area contributed by atoms with Crippen molar-refractivity contribution in [3.8, 4) is 34.0 Å². The van der Waals surface area contributed by atoms with Crippen LogP contribution in [0.1, 0.15) is 11.1 Å². The van der Waals surface area contributed by atoms with Gasteiger partial charge in [-0.3, -0.25) is 4.55 Å². The second-order valence-electron chi connectivity index (χ2n) is 8.25. The summed E-state index contributed by atoms with van der Waals surface area (Å²) in [5.74, 6) is 0.917. The minimum absolute atomic E-state index is 0.287. The van der Waals surface area contributed by atoms with E-state index in [1.165, 1.54) is 17.2 Å². The van der Waals surface area contributed by atoms with E-state index in [1.54, 1.807) is 19.2 Å². The molecular formula is C26H22N2O5S. The largest absolute Gasteiger partial charge is 0.507 e. The van der Waals surface area contributed by atoms with Crippen LogP contribution in [-0.2, 0) is 10.1 Å². The lowest BCUT2D eigenvalue weighted by atomic mass is 9.97. The number of nitrogens with one attached hydrogen (secondary N) is 1. The zero-order valence-electron chi connectivity index (χ0n) is 18.7. The monoisotopic (exact) mass is 474 g/mol. The lowest BCUT2D eigenvalue weighted by Crippen LogP contribution is -1.97. The Kier molecular flexibility index (Phi) is 5.07. The maximum Gasteiger partial charge on any atom is 0.294 e. The van der Waals surface area contributed by atoms with Gasteiger partial charge in [-0.05, 0) is 54.1 Å². The predicted octanol–water partition coefficient (Wildman–Crippen LogP) is 5.63. The topological polar surface area (TPSA) is 113 Å². The number of fused-ring (bicyclic) bond motifs is 3. The number of aromatic hydroxyl groups is 1. The average Bonchev–Trinajstić information content (AvgIpc) is 3.23. The van der Waals surface area contributed by atoms with Crippen LogP contribution in [-0.4, -0.2) is 35.2 Å². The SMILES string of the molecule is COc1c(-c2ccc(C)c(C)c2)cccc1-c1nc2c(ccc3cc(S(=O)(=O)O)cc(O)c32)[nH]1. The molecule has 0 amide bonds. The van der Waals surface area contributed by atoms with Gasteiger partial charge in [0.05, 0.1) is 28.5 Å². The number of aryl methyl sites for hydroxylation is 2. The molecular weight excluding hydrogens is 452 g/mol. The number of hydrogen-bond donors (Lipinski definition) is 3. The van der Waals surface area contributed by atoms with Crippen LogP contribution < -0.4 is 4.74 Å². The van der Waals surface area contributed by atoms with Gasteiger partial charge >= 0.3 is 0 Å². The minimum atomic E-state index is -4.46. The van der Waals surface area contributed by atoms with Crippen molar-refractivity contribution in [1.82, 2.24) is 9.97 Å². The van der Waals surface area contributed by atoms with Crippen LogP contribution in [0.2, 0.25) is 0 Å². The first-order valence-electron chi connectivity index (χ1n) is 10.6. The van der Waals surface area contributed by atoms with E-state index in [9.17, 15) is 18.1 Å². The number of aromatic amines is 1. The maximum absolute atomic E-state index is 11.5. The summed E-state index contributed by atoms with van der Waals surface area (Å²) in [4.78, 5) is 7.63. The molecule has 0 unspecified atom stereocenters. The number of methoxy groups -OCH3 is 1. The summed E-state index contributed by atoms with van der Waals surface area (Å²) in [6.07, 6.45) is 0. The van der Waals surface area contributed by atoms with Crippen LogP contribution in [0.4, 0.5) is 0 Å². The van der Waals surface area contributed by atoms with Crippen LogP contribution in [0.15, 0.2) is 65.6 Å². The molecule has 0 bridgehead atoms. The fourth-order valence-electron chi connectivity index (χ4n) is 4.24. The normalized spacial score (nSPS) is 11.9. The molecule has 0 atom stereocenters. The lowest BCUT2D eigenvalue weighted by Gasteiger charge is -2.13. The van der Waals surface area contributed by atoms with Crippen molar-refractivity contribution >= 4 is 31.9 Å². The Morgan fingerprint density at radius 3 is 2.41 bits per heavy atom. The summed E-state index contributed by atoms with van der Waals surface area (Å²) in [7, 11) is -2.84. The number of nitrogens with zero attached hydrogens (tertiary/aromatic N) is 1. The molecule has 5 rings (SSSR count). The molecule has 0 saturated heterocycles. The van der Waals surface area contributed by atoms with Crippen LogP contribution >= 0.6 is 0 Å². The number of hydrogen-bond acceptors (Lipinski definition) is 5. The van der Waals surface area contributed by atoms with Crippen molar-refractivity contribution < 1.29 is 22.8 Å². The molecule has 0 saturated carbocycles. The summed E-state index contributed by atoms with van der Waals surface area (Å²) in [5.41, 5.74) is 6.23. The zero-order valence-corrected chi connectivity index (χ0v) is 19.6. The van der Waals surface area contributed by atoms with Crippen molar-refractivity contribution in [3.05, 3.63) is 71.8 Å². The van der Waals surface area contributed by atoms with Gasteiger partial charge in [-0.1, -0.05) is 36.4 Å². The second kappa shape index (κ2) is 7.86. The van der Waals surface area contributed by atoms with E-state index >= 15 is 0 Å². The van der Waals surface area contributed by atoms with Crippen LogP contribution in [0.5, 0.6) is 11.5 Å². The number of aromatic nitrogens is 2. The maximum atomic E-state index is 11.5. The Labute approximate surface area is 196 Å². The Morgan fingerprint density at radius 2 is 1.71 bits per heavy atom. The van der Waals surface area contributed by atoms with Gasteiger partial charge in [0.15, 0.2) is 0 Å². The van der Waals surface area contributed by atoms with Gasteiger partial charge in [0.2, 0.25) is 0 Å². The highest BCUT2D eigenvalue weighted by molar-refractivity contribution is 7.85. The number of phenols is 1. The summed E-state index contributed by atoms with van der Waals surface area (Å²) >= 11 is 0. The number of benzene rings is 4. The zero-order chi connectivity index (χ0) is 24.2. The summed E-state index contributed by atoms with van der Waals surface area (Å²) < 4.78 is 38.3. The molecule has 0 radical (unpaired) electrons. The Morgan fingerprint density at radius 1 is 0.941 bits per heavy atom. The quantitative estimate of drug-likeness (QED) is 0.291. The molecule has 7 nitrogen and oxygen atoms in total. The van der Waals surface area contributed by atoms with Gasteiger partial charge in [0.25, 0.3) is 10.1 Å². The first-order valence-corrected chi connectivity index (χ1v) is 12.0. The van der Waals surface area contributed by atoms with Crippen molar-refractivity contribution in [2.75, 3.05) is 7.11 Å². The Balaban J connectivity index is 1.72. The van der Waals surface area contributed by atoms with Gasteiger partial charge < -0.3 is 14.8 Å². The summed E-state index contributed by atoms with van der Waals surface area (Å²) in [5, 5.41) is 11.4. The molecule has 5 aromatic rings. The Bertz CT molecular complexity index is 1700. The van der Waals surface area contributed by atoms with Crippen LogP contribution in [0, 0.1) is 13.8 Å². The first-order chi connectivity index (χ1) is 16.2. The van der Waals surface area contributed by atoms with Crippen molar-refractivity contribution in [2.24, 2.45) is 0 Å². The fourth-order valence-corrected chi connectivity index (χ4v) is 4.78. The molecule has 0 aliphatic rings. The van der Waals surface area contributed by atoms with E-state index in [0.29, 0.717) is 33.4 Å². The van der Waals surface area contributed by atoms with E-state index in [1.807, 2.05) is 18.2 Å². The summed E-state index contributed by atoms with van der Waals surface area (Å²) in [6, 6.07) is 17.8. The third kappa shape index (κ3) is 3.57. The van der Waals surface area contributed by atoms with Gasteiger partial charge in [-0.25, -0.2) is 4.98 Å². The van der Waals surface area contributed by atoms with Gasteiger partial charge in [-0.2, -0.15) is 8.42 Å². The van der Waals surface area contributed by atoms with E-state index in [4.69, 9.17) is 9.72 Å². The molecule has 0 aliphatic carbocycles. The molecule has 1 heterocycles. The Hall–Kier alpha value is -3.88. The molecule has 4 aromatic carbocycles. The molecule has 0 aliphatic heterocycles. The number of rotatable bonds is 4. The number of para-hydroxylation sites is 1. The van der Waals surface area contributed by atoms with E-state index in [2.05, 4.69) is 37.0 Å². The highest BCUT2D eigenvalue weighted by atomic mass is 32.2. The fraction of sp³-hybridized carbons (Fsp3) is 0.115. The van der Waals surface area contributed by atoms with Crippen LogP contribution in [0.25, 0.3) is 44.3 Å². The first kappa shape index (κ1) is 21.9. The standard InChI is InChI=1S/C26H22N2O5S/c1-14-7-8-16(11-15(14)2)19-5-4-6-20(25(19)33-3)26-27-21-10-9-17-12-18(34(30,31)32)13-22(29)23(17)24(21)28-26/h4-13,29H,1-3H3,(H,27,28)(H,30,31,32). The van der Waals surface area contributed by atoms with Gasteiger partial charge in [0, 0.05) is 11.6 Å².